The number of nitrogens with zero attached hydrogens (tertiary/aromatic N) is 1. The van der Waals surface area contributed by atoms with Crippen LogP contribution >= 0.6 is 0 Å². The summed E-state index contributed by atoms with van der Waals surface area (Å²) in [4.78, 5) is 34.2. The number of aliphatic carboxylic acids is 1. The van der Waals surface area contributed by atoms with E-state index in [1.165, 1.54) is 14.1 Å². The number of aliphatic hydroxyl groups is 1. The van der Waals surface area contributed by atoms with Crippen LogP contribution in [0.25, 0.3) is 0 Å². The predicted molar refractivity (Wildman–Crippen MR) is 58.4 cm³/mol. The molecule has 0 fully saturated rings. The molecule has 3 amide bonds. The number of carbonyl (C=O) groups is 3. The van der Waals surface area contributed by atoms with Crippen molar-refractivity contribution >= 4 is 17.9 Å². The second-order valence-corrected chi connectivity index (χ2v) is 3.38. The van der Waals surface area contributed by atoms with E-state index >= 15 is 0 Å². The van der Waals surface area contributed by atoms with E-state index in [-0.39, 0.29) is 25.5 Å². The first-order valence-electron chi connectivity index (χ1n) is 4.98. The number of carbonyl (C=O) groups excluding carboxylic acids is 2. The van der Waals surface area contributed by atoms with Gasteiger partial charge in [-0.15, -0.1) is 0 Å². The summed E-state index contributed by atoms with van der Waals surface area (Å²) < 4.78 is 0. The van der Waals surface area contributed by atoms with Crippen LogP contribution in [0.3, 0.4) is 0 Å². The molecule has 8 heteroatoms. The molecule has 8 nitrogen and oxygen atoms in total. The van der Waals surface area contributed by atoms with E-state index in [9.17, 15) is 14.4 Å². The van der Waals surface area contributed by atoms with Gasteiger partial charge < -0.3 is 25.7 Å². The van der Waals surface area contributed by atoms with Gasteiger partial charge in [0.15, 0.2) is 0 Å². The third-order valence-electron chi connectivity index (χ3n) is 2.02. The summed E-state index contributed by atoms with van der Waals surface area (Å²) in [5, 5.41) is 21.9. The standard InChI is InChI=1S/C9H17N3O5/c1-10-7(14)5-12(2)9(17)11-6(3-4-13)8(15)16/h6,13H,3-5H2,1-2H3,(H,10,14)(H,11,17)(H,15,16)/t6-/m1/s1. The van der Waals surface area contributed by atoms with E-state index in [0.717, 1.165) is 4.90 Å². The van der Waals surface area contributed by atoms with Crippen molar-refractivity contribution < 1.29 is 24.6 Å². The summed E-state index contributed by atoms with van der Waals surface area (Å²) in [6, 6.07) is -1.85. The van der Waals surface area contributed by atoms with Gasteiger partial charge in [0.1, 0.15) is 12.6 Å². The van der Waals surface area contributed by atoms with Crippen LogP contribution in [0.4, 0.5) is 4.79 Å². The number of urea groups is 1. The van der Waals surface area contributed by atoms with Gasteiger partial charge in [-0.25, -0.2) is 9.59 Å². The van der Waals surface area contributed by atoms with Crippen molar-refractivity contribution in [3.05, 3.63) is 0 Å². The molecular weight excluding hydrogens is 230 g/mol. The first kappa shape index (κ1) is 15.2. The molecule has 0 aliphatic rings. The van der Waals surface area contributed by atoms with Gasteiger partial charge in [0.05, 0.1) is 0 Å². The SMILES string of the molecule is CNC(=O)CN(C)C(=O)N[C@H](CCO)C(=O)O. The van der Waals surface area contributed by atoms with Crippen molar-refractivity contribution in [2.75, 3.05) is 27.2 Å². The second-order valence-electron chi connectivity index (χ2n) is 3.38. The number of hydrogen-bond donors (Lipinski definition) is 4. The lowest BCUT2D eigenvalue weighted by Gasteiger charge is -2.20. The lowest BCUT2D eigenvalue weighted by molar-refractivity contribution is -0.139. The van der Waals surface area contributed by atoms with Crippen LogP contribution in [0.15, 0.2) is 0 Å². The highest BCUT2D eigenvalue weighted by atomic mass is 16.4. The minimum atomic E-state index is -1.24. The molecule has 0 aromatic heterocycles. The van der Waals surface area contributed by atoms with Crippen LogP contribution in [0, 0.1) is 0 Å². The maximum atomic E-state index is 11.5. The molecule has 0 radical (unpaired) electrons. The Bertz CT molecular complexity index is 294. The topological polar surface area (TPSA) is 119 Å². The first-order chi connectivity index (χ1) is 7.92. The average molecular weight is 247 g/mol. The van der Waals surface area contributed by atoms with Crippen molar-refractivity contribution in [1.29, 1.82) is 0 Å². The Labute approximate surface area is 98.6 Å². The monoisotopic (exact) mass is 247 g/mol. The van der Waals surface area contributed by atoms with E-state index in [1.807, 2.05) is 0 Å². The van der Waals surface area contributed by atoms with E-state index < -0.39 is 18.0 Å². The summed E-state index contributed by atoms with van der Waals surface area (Å²) in [7, 11) is 2.79. The molecule has 98 valence electrons. The van der Waals surface area contributed by atoms with Crippen molar-refractivity contribution in [3.8, 4) is 0 Å². The highest BCUT2D eigenvalue weighted by Gasteiger charge is 2.21. The molecule has 0 heterocycles. The Morgan fingerprint density at radius 3 is 2.35 bits per heavy atom. The molecule has 4 N–H and O–H groups in total. The fraction of sp³-hybridized carbons (Fsp3) is 0.667. The van der Waals surface area contributed by atoms with Gasteiger partial charge in [0.2, 0.25) is 5.91 Å². The Morgan fingerprint density at radius 1 is 1.35 bits per heavy atom. The minimum absolute atomic E-state index is 0.0884. The molecule has 0 unspecified atom stereocenters. The average Bonchev–Trinajstić information content (AvgIpc) is 2.27. The second kappa shape index (κ2) is 7.44. The molecule has 17 heavy (non-hydrogen) atoms. The van der Waals surface area contributed by atoms with Crippen molar-refractivity contribution in [2.45, 2.75) is 12.5 Å². The number of likely N-dealkylation sites (N-methyl/N-ethyl adjacent to an activating group) is 2. The van der Waals surface area contributed by atoms with Gasteiger partial charge in [-0.2, -0.15) is 0 Å². The van der Waals surface area contributed by atoms with Crippen LogP contribution in [-0.2, 0) is 9.59 Å². The smallest absolute Gasteiger partial charge is 0.326 e. The molecule has 0 saturated carbocycles. The third-order valence-corrected chi connectivity index (χ3v) is 2.02. The van der Waals surface area contributed by atoms with Crippen molar-refractivity contribution in [2.24, 2.45) is 0 Å². The van der Waals surface area contributed by atoms with Crippen molar-refractivity contribution in [3.63, 3.8) is 0 Å². The Kier molecular flexibility index (Phi) is 6.64. The van der Waals surface area contributed by atoms with Gasteiger partial charge in [0.25, 0.3) is 0 Å². The number of carboxylic acid groups (broad SMARTS) is 1. The molecule has 0 bridgehead atoms. The lowest BCUT2D eigenvalue weighted by Crippen LogP contribution is -2.49. The minimum Gasteiger partial charge on any atom is -0.480 e. The van der Waals surface area contributed by atoms with Crippen molar-refractivity contribution in [1.82, 2.24) is 15.5 Å². The Balaban J connectivity index is 4.30. The van der Waals surface area contributed by atoms with Crippen LogP contribution in [0.1, 0.15) is 6.42 Å². The number of amides is 3. The van der Waals surface area contributed by atoms with Gasteiger partial charge >= 0.3 is 12.0 Å². The molecule has 0 aliphatic carbocycles. The largest absolute Gasteiger partial charge is 0.480 e. The summed E-state index contributed by atoms with van der Waals surface area (Å²) >= 11 is 0. The lowest BCUT2D eigenvalue weighted by atomic mass is 10.2. The zero-order chi connectivity index (χ0) is 13.4. The molecule has 0 aromatic carbocycles. The zero-order valence-electron chi connectivity index (χ0n) is 9.77. The van der Waals surface area contributed by atoms with Crippen LogP contribution in [0.5, 0.6) is 0 Å². The summed E-state index contributed by atoms with van der Waals surface area (Å²) in [6.07, 6.45) is -0.0884. The highest BCUT2D eigenvalue weighted by molar-refractivity contribution is 5.86. The van der Waals surface area contributed by atoms with Crippen LogP contribution < -0.4 is 10.6 Å². The van der Waals surface area contributed by atoms with Gasteiger partial charge in [-0.1, -0.05) is 0 Å². The maximum absolute atomic E-state index is 11.5. The Morgan fingerprint density at radius 2 is 1.94 bits per heavy atom. The zero-order valence-corrected chi connectivity index (χ0v) is 9.77. The predicted octanol–water partition coefficient (Wildman–Crippen LogP) is -1.79. The molecule has 1 atom stereocenters. The Hall–Kier alpha value is -1.83. The summed E-state index contributed by atoms with van der Waals surface area (Å²) in [6.45, 7) is -0.524. The fourth-order valence-electron chi connectivity index (χ4n) is 1.01. The first-order valence-corrected chi connectivity index (χ1v) is 4.98. The number of nitrogens with one attached hydrogen (secondary N) is 2. The number of carboxylic acids is 1. The van der Waals surface area contributed by atoms with Crippen LogP contribution in [-0.4, -0.2) is 66.3 Å². The fourth-order valence-corrected chi connectivity index (χ4v) is 1.01. The molecule has 0 rings (SSSR count). The third kappa shape index (κ3) is 5.71. The summed E-state index contributed by atoms with van der Waals surface area (Å²) in [5.74, 6) is -1.60. The maximum Gasteiger partial charge on any atom is 0.326 e. The number of rotatable bonds is 6. The molecule has 0 aliphatic heterocycles. The molecule has 0 saturated heterocycles. The number of aliphatic hydroxyl groups excluding tert-OH is 1. The molecule has 0 aromatic rings. The van der Waals surface area contributed by atoms with Gasteiger partial charge in [-0.05, 0) is 0 Å². The van der Waals surface area contributed by atoms with Gasteiger partial charge in [0, 0.05) is 27.1 Å². The van der Waals surface area contributed by atoms with E-state index in [2.05, 4.69) is 10.6 Å². The van der Waals surface area contributed by atoms with E-state index in [1.54, 1.807) is 0 Å². The van der Waals surface area contributed by atoms with E-state index in [4.69, 9.17) is 10.2 Å². The molecule has 0 spiro atoms. The van der Waals surface area contributed by atoms with Crippen LogP contribution in [0.2, 0.25) is 0 Å². The molecular formula is C9H17N3O5. The quantitative estimate of drug-likeness (QED) is 0.442. The number of hydrogen-bond acceptors (Lipinski definition) is 4. The van der Waals surface area contributed by atoms with Gasteiger partial charge in [-0.3, -0.25) is 4.79 Å². The highest BCUT2D eigenvalue weighted by Crippen LogP contribution is 1.94. The summed E-state index contributed by atoms with van der Waals surface area (Å²) in [5.41, 5.74) is 0. The normalized spacial score (nSPS) is 11.5. The van der Waals surface area contributed by atoms with E-state index in [0.29, 0.717) is 0 Å².